The first kappa shape index (κ1) is 15.7. The summed E-state index contributed by atoms with van der Waals surface area (Å²) < 4.78 is 14.7. The lowest BCUT2D eigenvalue weighted by molar-refractivity contribution is 0.0995. The van der Waals surface area contributed by atoms with Gasteiger partial charge in [0.1, 0.15) is 11.5 Å². The minimum absolute atomic E-state index is 0.171. The molecule has 1 aromatic carbocycles. The van der Waals surface area contributed by atoms with Crippen molar-refractivity contribution in [2.24, 2.45) is 5.73 Å². The third-order valence-electron chi connectivity index (χ3n) is 3.77. The van der Waals surface area contributed by atoms with E-state index in [1.807, 2.05) is 18.2 Å². The number of pyridine rings is 2. The average molecular weight is 348 g/mol. The number of carbonyl (C=O) groups excluding carboxylic acids is 1. The molecule has 0 aliphatic carbocycles. The zero-order valence-corrected chi connectivity index (χ0v) is 13.4. The van der Waals surface area contributed by atoms with Crippen LogP contribution < -0.4 is 11.1 Å². The number of primary amides is 1. The van der Waals surface area contributed by atoms with Gasteiger partial charge in [0.15, 0.2) is 5.65 Å². The standard InChI is InChI=1S/C18H13FN6O/c19-12-4-6-13(7-5-12)22-18-23-16-3-1-2-15(25(16)24-18)11-8-9-21-14(10-11)17(20)26/h1-10H,(H2,20,26)(H,22,24). The number of rotatable bonds is 4. The predicted molar refractivity (Wildman–Crippen MR) is 94.4 cm³/mol. The number of amides is 1. The van der Waals surface area contributed by atoms with Crippen molar-refractivity contribution in [2.45, 2.75) is 0 Å². The maximum Gasteiger partial charge on any atom is 0.267 e. The summed E-state index contributed by atoms with van der Waals surface area (Å²) in [6, 6.07) is 14.8. The fourth-order valence-electron chi connectivity index (χ4n) is 2.56. The number of hydrogen-bond acceptors (Lipinski definition) is 5. The van der Waals surface area contributed by atoms with Gasteiger partial charge in [-0.1, -0.05) is 6.07 Å². The topological polar surface area (TPSA) is 98.2 Å². The molecule has 0 aliphatic rings. The Morgan fingerprint density at radius 1 is 1.12 bits per heavy atom. The van der Waals surface area contributed by atoms with Crippen LogP contribution in [0.15, 0.2) is 60.8 Å². The number of nitrogens with two attached hydrogens (primary N) is 1. The van der Waals surface area contributed by atoms with Crippen molar-refractivity contribution in [2.75, 3.05) is 5.32 Å². The number of carbonyl (C=O) groups is 1. The predicted octanol–water partition coefficient (Wildman–Crippen LogP) is 2.77. The highest BCUT2D eigenvalue weighted by Crippen LogP contribution is 2.22. The van der Waals surface area contributed by atoms with E-state index in [2.05, 4.69) is 20.4 Å². The Labute approximate surface area is 147 Å². The molecule has 8 heteroatoms. The summed E-state index contributed by atoms with van der Waals surface area (Å²) in [7, 11) is 0. The van der Waals surface area contributed by atoms with Crippen molar-refractivity contribution in [3.05, 3.63) is 72.3 Å². The summed E-state index contributed by atoms with van der Waals surface area (Å²) in [6.45, 7) is 0. The summed E-state index contributed by atoms with van der Waals surface area (Å²) in [5, 5.41) is 7.48. The van der Waals surface area contributed by atoms with E-state index in [1.54, 1.807) is 28.8 Å². The number of nitrogens with one attached hydrogen (secondary N) is 1. The molecule has 4 rings (SSSR count). The monoisotopic (exact) mass is 348 g/mol. The zero-order valence-electron chi connectivity index (χ0n) is 13.4. The van der Waals surface area contributed by atoms with E-state index in [0.717, 1.165) is 11.3 Å². The summed E-state index contributed by atoms with van der Waals surface area (Å²) in [4.78, 5) is 19.7. The van der Waals surface area contributed by atoms with Crippen LogP contribution in [-0.4, -0.2) is 25.5 Å². The highest BCUT2D eigenvalue weighted by molar-refractivity contribution is 5.91. The highest BCUT2D eigenvalue weighted by Gasteiger charge is 2.11. The normalized spacial score (nSPS) is 10.8. The van der Waals surface area contributed by atoms with Crippen LogP contribution in [0.1, 0.15) is 10.5 Å². The molecule has 0 atom stereocenters. The highest BCUT2D eigenvalue weighted by atomic mass is 19.1. The molecule has 128 valence electrons. The van der Waals surface area contributed by atoms with Crippen LogP contribution in [0.2, 0.25) is 0 Å². The van der Waals surface area contributed by atoms with Crippen molar-refractivity contribution in [3.8, 4) is 11.3 Å². The SMILES string of the molecule is NC(=O)c1cc(-c2cccc3nc(Nc4ccc(F)cc4)nn23)ccn1. The Hall–Kier alpha value is -3.81. The Bertz CT molecular complexity index is 1110. The smallest absolute Gasteiger partial charge is 0.267 e. The second-order valence-electron chi connectivity index (χ2n) is 5.54. The second-order valence-corrected chi connectivity index (χ2v) is 5.54. The molecular weight excluding hydrogens is 335 g/mol. The molecule has 0 unspecified atom stereocenters. The van der Waals surface area contributed by atoms with Crippen LogP contribution in [0.25, 0.3) is 16.9 Å². The molecule has 0 bridgehead atoms. The van der Waals surface area contributed by atoms with Gasteiger partial charge in [0.2, 0.25) is 5.95 Å². The van der Waals surface area contributed by atoms with Gasteiger partial charge in [-0.2, -0.15) is 4.98 Å². The summed E-state index contributed by atoms with van der Waals surface area (Å²) in [5.74, 6) is -0.548. The van der Waals surface area contributed by atoms with E-state index in [4.69, 9.17) is 5.73 Å². The Morgan fingerprint density at radius 2 is 1.92 bits per heavy atom. The maximum absolute atomic E-state index is 13.0. The van der Waals surface area contributed by atoms with Gasteiger partial charge >= 0.3 is 0 Å². The van der Waals surface area contributed by atoms with Crippen LogP contribution in [0.4, 0.5) is 16.0 Å². The Kier molecular flexibility index (Phi) is 3.77. The number of hydrogen-bond donors (Lipinski definition) is 2. The molecule has 7 nitrogen and oxygen atoms in total. The summed E-state index contributed by atoms with van der Waals surface area (Å²) in [5.41, 5.74) is 8.22. The third-order valence-corrected chi connectivity index (χ3v) is 3.77. The van der Waals surface area contributed by atoms with E-state index in [1.165, 1.54) is 18.3 Å². The minimum atomic E-state index is -0.601. The van der Waals surface area contributed by atoms with Crippen LogP contribution in [0.5, 0.6) is 0 Å². The van der Waals surface area contributed by atoms with E-state index in [-0.39, 0.29) is 11.5 Å². The molecule has 0 saturated carbocycles. The van der Waals surface area contributed by atoms with Gasteiger partial charge in [-0.15, -0.1) is 5.10 Å². The molecule has 0 saturated heterocycles. The van der Waals surface area contributed by atoms with E-state index in [9.17, 15) is 9.18 Å². The average Bonchev–Trinajstić information content (AvgIpc) is 3.06. The Morgan fingerprint density at radius 3 is 2.69 bits per heavy atom. The number of aromatic nitrogens is 4. The van der Waals surface area contributed by atoms with Crippen molar-refractivity contribution >= 4 is 23.2 Å². The van der Waals surface area contributed by atoms with Gasteiger partial charge in [-0.3, -0.25) is 9.78 Å². The Balaban J connectivity index is 1.75. The van der Waals surface area contributed by atoms with Crippen molar-refractivity contribution < 1.29 is 9.18 Å². The molecule has 0 fully saturated rings. The van der Waals surface area contributed by atoms with Gasteiger partial charge in [-0.25, -0.2) is 8.91 Å². The number of fused-ring (bicyclic) bond motifs is 1. The molecule has 4 aromatic rings. The molecule has 1 amide bonds. The molecule has 3 heterocycles. The molecule has 0 spiro atoms. The van der Waals surface area contributed by atoms with Crippen LogP contribution in [-0.2, 0) is 0 Å². The minimum Gasteiger partial charge on any atom is -0.364 e. The van der Waals surface area contributed by atoms with Gasteiger partial charge < -0.3 is 11.1 Å². The molecule has 0 aliphatic heterocycles. The number of anilines is 2. The van der Waals surface area contributed by atoms with Crippen LogP contribution in [0.3, 0.4) is 0 Å². The molecule has 3 aromatic heterocycles. The lowest BCUT2D eigenvalue weighted by atomic mass is 10.1. The van der Waals surface area contributed by atoms with Gasteiger partial charge in [-0.05, 0) is 48.5 Å². The number of nitrogens with zero attached hydrogens (tertiary/aromatic N) is 4. The van der Waals surface area contributed by atoms with Crippen LogP contribution in [0, 0.1) is 5.82 Å². The summed E-state index contributed by atoms with van der Waals surface area (Å²) in [6.07, 6.45) is 1.52. The molecular formula is C18H13FN6O. The fraction of sp³-hybridized carbons (Fsp3) is 0. The van der Waals surface area contributed by atoms with Gasteiger partial charge in [0.05, 0.1) is 5.69 Å². The van der Waals surface area contributed by atoms with Crippen molar-refractivity contribution in [1.29, 1.82) is 0 Å². The quantitative estimate of drug-likeness (QED) is 0.591. The van der Waals surface area contributed by atoms with Crippen LogP contribution >= 0.6 is 0 Å². The first-order chi connectivity index (χ1) is 12.6. The lowest BCUT2D eigenvalue weighted by Gasteiger charge is -2.05. The van der Waals surface area contributed by atoms with E-state index < -0.39 is 5.91 Å². The van der Waals surface area contributed by atoms with Crippen molar-refractivity contribution in [3.63, 3.8) is 0 Å². The van der Waals surface area contributed by atoms with Gasteiger partial charge in [0, 0.05) is 17.4 Å². The maximum atomic E-state index is 13.0. The van der Waals surface area contributed by atoms with E-state index in [0.29, 0.717) is 17.3 Å². The zero-order chi connectivity index (χ0) is 18.1. The summed E-state index contributed by atoms with van der Waals surface area (Å²) >= 11 is 0. The van der Waals surface area contributed by atoms with Gasteiger partial charge in [0.25, 0.3) is 5.91 Å². The lowest BCUT2D eigenvalue weighted by Crippen LogP contribution is -2.12. The van der Waals surface area contributed by atoms with E-state index >= 15 is 0 Å². The number of halogens is 1. The van der Waals surface area contributed by atoms with Crippen molar-refractivity contribution in [1.82, 2.24) is 19.6 Å². The third kappa shape index (κ3) is 2.95. The molecule has 26 heavy (non-hydrogen) atoms. The number of benzene rings is 1. The second kappa shape index (κ2) is 6.25. The molecule has 0 radical (unpaired) electrons. The largest absolute Gasteiger partial charge is 0.364 e. The fourth-order valence-corrected chi connectivity index (χ4v) is 2.56. The first-order valence-electron chi connectivity index (χ1n) is 7.75. The molecule has 3 N–H and O–H groups in total. The first-order valence-corrected chi connectivity index (χ1v) is 7.75.